The van der Waals surface area contributed by atoms with E-state index in [9.17, 15) is 9.59 Å². The highest BCUT2D eigenvalue weighted by Crippen LogP contribution is 2.25. The molecule has 6 nitrogen and oxygen atoms in total. The summed E-state index contributed by atoms with van der Waals surface area (Å²) in [6.07, 6.45) is -1.82. The zero-order valence-corrected chi connectivity index (χ0v) is 11.5. The van der Waals surface area contributed by atoms with Crippen LogP contribution in [-0.2, 0) is 4.74 Å². The van der Waals surface area contributed by atoms with E-state index in [1.165, 1.54) is 18.2 Å². The van der Waals surface area contributed by atoms with Gasteiger partial charge < -0.3 is 9.84 Å². The molecule has 1 rings (SSSR count). The minimum Gasteiger partial charge on any atom is -0.465 e. The van der Waals surface area contributed by atoms with Crippen LogP contribution in [0.4, 0.5) is 21.0 Å². The van der Waals surface area contributed by atoms with Crippen LogP contribution >= 0.6 is 11.6 Å². The smallest absolute Gasteiger partial charge is 0.412 e. The number of carboxylic acid groups (broad SMARTS) is 1. The molecule has 0 aliphatic rings. The largest absolute Gasteiger partial charge is 0.465 e. The molecule has 0 aromatic heterocycles. The zero-order chi connectivity index (χ0) is 14.6. The summed E-state index contributed by atoms with van der Waals surface area (Å²) in [5.41, 5.74) is 0.0534. The number of carbonyl (C=O) groups excluding carboxylic acids is 1. The maximum absolute atomic E-state index is 11.5. The first kappa shape index (κ1) is 15.1. The van der Waals surface area contributed by atoms with Crippen molar-refractivity contribution >= 4 is 35.2 Å². The number of amides is 2. The molecule has 0 aliphatic carbocycles. The Balaban J connectivity index is 2.73. The van der Waals surface area contributed by atoms with Crippen LogP contribution in [0.15, 0.2) is 18.2 Å². The van der Waals surface area contributed by atoms with Crippen molar-refractivity contribution in [3.05, 3.63) is 23.2 Å². The molecule has 19 heavy (non-hydrogen) atoms. The second-order valence-corrected chi connectivity index (χ2v) is 5.16. The van der Waals surface area contributed by atoms with Crippen molar-refractivity contribution < 1.29 is 19.4 Å². The summed E-state index contributed by atoms with van der Waals surface area (Å²) in [7, 11) is 0. The number of halogens is 1. The minimum atomic E-state index is -1.21. The van der Waals surface area contributed by atoms with E-state index < -0.39 is 17.8 Å². The number of carbonyl (C=O) groups is 2. The van der Waals surface area contributed by atoms with Crippen molar-refractivity contribution in [2.24, 2.45) is 0 Å². The third-order valence-electron chi connectivity index (χ3n) is 1.86. The summed E-state index contributed by atoms with van der Waals surface area (Å²) in [6.45, 7) is 5.25. The van der Waals surface area contributed by atoms with Gasteiger partial charge in [-0.15, -0.1) is 0 Å². The summed E-state index contributed by atoms with van der Waals surface area (Å²) in [4.78, 5) is 22.0. The van der Waals surface area contributed by atoms with E-state index in [0.717, 1.165) is 0 Å². The lowest BCUT2D eigenvalue weighted by Gasteiger charge is -2.19. The Morgan fingerprint density at radius 2 is 1.89 bits per heavy atom. The van der Waals surface area contributed by atoms with E-state index in [2.05, 4.69) is 10.6 Å². The number of nitrogens with one attached hydrogen (secondary N) is 2. The molecule has 0 atom stereocenters. The molecule has 1 aromatic carbocycles. The third-order valence-corrected chi connectivity index (χ3v) is 2.17. The van der Waals surface area contributed by atoms with Gasteiger partial charge in [-0.25, -0.2) is 9.59 Å². The molecule has 0 spiro atoms. The predicted octanol–water partition coefficient (Wildman–Crippen LogP) is 3.78. The van der Waals surface area contributed by atoms with Crippen LogP contribution < -0.4 is 10.6 Å². The average Bonchev–Trinajstić information content (AvgIpc) is 2.18. The fraction of sp³-hybridized carbons (Fsp3) is 0.333. The van der Waals surface area contributed by atoms with E-state index in [-0.39, 0.29) is 10.7 Å². The molecule has 0 saturated carbocycles. The van der Waals surface area contributed by atoms with Gasteiger partial charge in [0.05, 0.1) is 10.7 Å². The van der Waals surface area contributed by atoms with Crippen LogP contribution in [0.2, 0.25) is 5.02 Å². The highest BCUT2D eigenvalue weighted by molar-refractivity contribution is 6.34. The Morgan fingerprint density at radius 1 is 1.26 bits per heavy atom. The molecule has 3 N–H and O–H groups in total. The maximum atomic E-state index is 11.5. The first-order valence-corrected chi connectivity index (χ1v) is 5.85. The summed E-state index contributed by atoms with van der Waals surface area (Å²) in [5, 5.41) is 13.4. The maximum Gasteiger partial charge on any atom is 0.412 e. The molecule has 1 aromatic rings. The Labute approximate surface area is 115 Å². The first-order chi connectivity index (χ1) is 8.67. The number of ether oxygens (including phenoxy) is 1. The second-order valence-electron chi connectivity index (χ2n) is 4.75. The average molecular weight is 287 g/mol. The Hall–Kier alpha value is -1.95. The van der Waals surface area contributed by atoms with Gasteiger partial charge in [0.15, 0.2) is 0 Å². The van der Waals surface area contributed by atoms with Gasteiger partial charge in [0.2, 0.25) is 0 Å². The highest BCUT2D eigenvalue weighted by atomic mass is 35.5. The Kier molecular flexibility index (Phi) is 4.61. The fourth-order valence-electron chi connectivity index (χ4n) is 1.23. The molecule has 0 heterocycles. The first-order valence-electron chi connectivity index (χ1n) is 5.47. The van der Waals surface area contributed by atoms with Gasteiger partial charge in [-0.3, -0.25) is 10.6 Å². The molecule has 104 valence electrons. The van der Waals surface area contributed by atoms with Crippen molar-refractivity contribution in [3.8, 4) is 0 Å². The van der Waals surface area contributed by atoms with Gasteiger partial charge in [0.1, 0.15) is 5.60 Å². The van der Waals surface area contributed by atoms with Crippen LogP contribution in [0.5, 0.6) is 0 Å². The van der Waals surface area contributed by atoms with Gasteiger partial charge >= 0.3 is 12.2 Å². The third kappa shape index (κ3) is 5.48. The summed E-state index contributed by atoms with van der Waals surface area (Å²) >= 11 is 5.87. The standard InChI is InChI=1S/C12H15ClN2O4/c1-12(2,3)19-11(18)14-7-4-5-9(8(13)6-7)15-10(16)17/h4-6,15H,1-3H3,(H,14,18)(H,16,17). The second kappa shape index (κ2) is 5.79. The fourth-order valence-corrected chi connectivity index (χ4v) is 1.46. The highest BCUT2D eigenvalue weighted by Gasteiger charge is 2.16. The lowest BCUT2D eigenvalue weighted by atomic mass is 10.2. The SMILES string of the molecule is CC(C)(C)OC(=O)Nc1ccc(NC(=O)O)c(Cl)c1. The number of rotatable bonds is 2. The van der Waals surface area contributed by atoms with Gasteiger partial charge in [0.25, 0.3) is 0 Å². The van der Waals surface area contributed by atoms with Crippen LogP contribution in [0.3, 0.4) is 0 Å². The molecule has 0 radical (unpaired) electrons. The van der Waals surface area contributed by atoms with Crippen molar-refractivity contribution in [2.45, 2.75) is 26.4 Å². The Morgan fingerprint density at radius 3 is 2.37 bits per heavy atom. The number of hydrogen-bond donors (Lipinski definition) is 3. The molecule has 0 unspecified atom stereocenters. The van der Waals surface area contributed by atoms with E-state index in [4.69, 9.17) is 21.4 Å². The van der Waals surface area contributed by atoms with Crippen molar-refractivity contribution in [2.75, 3.05) is 10.6 Å². The van der Waals surface area contributed by atoms with E-state index in [1.54, 1.807) is 20.8 Å². The predicted molar refractivity (Wildman–Crippen MR) is 73.0 cm³/mol. The number of hydrogen-bond acceptors (Lipinski definition) is 3. The molecule has 0 saturated heterocycles. The molecule has 0 fully saturated rings. The van der Waals surface area contributed by atoms with Crippen molar-refractivity contribution in [3.63, 3.8) is 0 Å². The number of benzene rings is 1. The Bertz CT molecular complexity index is 497. The topological polar surface area (TPSA) is 87.7 Å². The van der Waals surface area contributed by atoms with E-state index in [0.29, 0.717) is 5.69 Å². The van der Waals surface area contributed by atoms with Gasteiger partial charge in [-0.1, -0.05) is 11.6 Å². The summed E-state index contributed by atoms with van der Waals surface area (Å²) in [5.74, 6) is 0. The van der Waals surface area contributed by atoms with Crippen LogP contribution in [0.1, 0.15) is 20.8 Å². The molecule has 2 amide bonds. The quantitative estimate of drug-likeness (QED) is 0.772. The summed E-state index contributed by atoms with van der Waals surface area (Å²) < 4.78 is 5.07. The van der Waals surface area contributed by atoms with E-state index >= 15 is 0 Å². The minimum absolute atomic E-state index is 0.177. The van der Waals surface area contributed by atoms with Crippen molar-refractivity contribution in [1.29, 1.82) is 0 Å². The van der Waals surface area contributed by atoms with E-state index in [1.807, 2.05) is 0 Å². The van der Waals surface area contributed by atoms with Crippen molar-refractivity contribution in [1.82, 2.24) is 0 Å². The normalized spacial score (nSPS) is 10.7. The molecule has 0 bridgehead atoms. The zero-order valence-electron chi connectivity index (χ0n) is 10.8. The number of anilines is 2. The lowest BCUT2D eigenvalue weighted by Crippen LogP contribution is -2.27. The molecular weight excluding hydrogens is 272 g/mol. The lowest BCUT2D eigenvalue weighted by molar-refractivity contribution is 0.0636. The monoisotopic (exact) mass is 286 g/mol. The van der Waals surface area contributed by atoms with Crippen LogP contribution in [0.25, 0.3) is 0 Å². The summed E-state index contributed by atoms with van der Waals surface area (Å²) in [6, 6.07) is 4.39. The van der Waals surface area contributed by atoms with Crippen LogP contribution in [0, 0.1) is 0 Å². The molecule has 7 heteroatoms. The molecule has 0 aliphatic heterocycles. The molecular formula is C12H15ClN2O4. The van der Waals surface area contributed by atoms with Gasteiger partial charge in [-0.2, -0.15) is 0 Å². The van der Waals surface area contributed by atoms with Crippen LogP contribution in [-0.4, -0.2) is 22.9 Å². The van der Waals surface area contributed by atoms with Gasteiger partial charge in [0, 0.05) is 5.69 Å². The van der Waals surface area contributed by atoms with Gasteiger partial charge in [-0.05, 0) is 39.0 Å².